The lowest BCUT2D eigenvalue weighted by atomic mass is 9.95. The molecule has 0 saturated carbocycles. The summed E-state index contributed by atoms with van der Waals surface area (Å²) in [5.74, 6) is -1.95. The molecule has 0 radical (unpaired) electrons. The number of hydrogen-bond donors (Lipinski definition) is 2. The minimum atomic E-state index is -1.08. The number of esters is 1. The van der Waals surface area contributed by atoms with Gasteiger partial charge in [-0.1, -0.05) is 24.3 Å². The van der Waals surface area contributed by atoms with Gasteiger partial charge in [-0.2, -0.15) is 0 Å². The van der Waals surface area contributed by atoms with Gasteiger partial charge in [-0.3, -0.25) is 0 Å². The SMILES string of the molecule is COC(=O)c1cccc(COc2ccc(-c3cc(F)c(F)cc3C[C@H](O)CO)cc2)c1Br. The third-order valence-electron chi connectivity index (χ3n) is 4.86. The van der Waals surface area contributed by atoms with Crippen LogP contribution >= 0.6 is 15.9 Å². The maximum Gasteiger partial charge on any atom is 0.339 e. The molecule has 0 aliphatic rings. The second kappa shape index (κ2) is 10.7. The van der Waals surface area contributed by atoms with Crippen molar-refractivity contribution in [3.63, 3.8) is 0 Å². The third-order valence-corrected chi connectivity index (χ3v) is 5.79. The van der Waals surface area contributed by atoms with Gasteiger partial charge >= 0.3 is 5.97 Å². The average Bonchev–Trinajstić information content (AvgIpc) is 2.80. The summed E-state index contributed by atoms with van der Waals surface area (Å²) < 4.78 is 38.7. The van der Waals surface area contributed by atoms with Crippen LogP contribution in [0.1, 0.15) is 21.5 Å². The number of halogens is 3. The van der Waals surface area contributed by atoms with Gasteiger partial charge in [0.05, 0.1) is 25.4 Å². The summed E-state index contributed by atoms with van der Waals surface area (Å²) in [6, 6.07) is 14.0. The highest BCUT2D eigenvalue weighted by Gasteiger charge is 2.16. The van der Waals surface area contributed by atoms with E-state index < -0.39 is 30.3 Å². The first-order chi connectivity index (χ1) is 15.3. The van der Waals surface area contributed by atoms with Crippen molar-refractivity contribution in [2.75, 3.05) is 13.7 Å². The molecule has 0 heterocycles. The Morgan fingerprint density at radius 1 is 1.06 bits per heavy atom. The Labute approximate surface area is 192 Å². The monoisotopic (exact) mass is 506 g/mol. The Morgan fingerprint density at radius 3 is 2.41 bits per heavy atom. The van der Waals surface area contributed by atoms with Gasteiger partial charge in [0.15, 0.2) is 11.6 Å². The van der Waals surface area contributed by atoms with Crippen LogP contribution in [0.4, 0.5) is 8.78 Å². The highest BCUT2D eigenvalue weighted by molar-refractivity contribution is 9.10. The van der Waals surface area contributed by atoms with Gasteiger partial charge in [-0.15, -0.1) is 0 Å². The van der Waals surface area contributed by atoms with E-state index in [0.29, 0.717) is 32.5 Å². The van der Waals surface area contributed by atoms with Crippen LogP contribution < -0.4 is 4.74 Å². The van der Waals surface area contributed by atoms with E-state index in [9.17, 15) is 18.7 Å². The van der Waals surface area contributed by atoms with Crippen LogP contribution in [-0.2, 0) is 17.8 Å². The average molecular weight is 507 g/mol. The second-order valence-electron chi connectivity index (χ2n) is 7.05. The molecule has 0 bridgehead atoms. The molecule has 3 aromatic rings. The van der Waals surface area contributed by atoms with Crippen molar-refractivity contribution in [2.45, 2.75) is 19.1 Å². The molecule has 0 unspecified atom stereocenters. The zero-order valence-corrected chi connectivity index (χ0v) is 18.7. The lowest BCUT2D eigenvalue weighted by molar-refractivity contribution is 0.0599. The number of rotatable bonds is 8. The molecule has 0 aromatic heterocycles. The predicted molar refractivity (Wildman–Crippen MR) is 118 cm³/mol. The molecule has 3 rings (SSSR count). The van der Waals surface area contributed by atoms with E-state index >= 15 is 0 Å². The fraction of sp³-hybridized carbons (Fsp3) is 0.208. The highest BCUT2D eigenvalue weighted by atomic mass is 79.9. The summed E-state index contributed by atoms with van der Waals surface area (Å²) in [4.78, 5) is 11.8. The van der Waals surface area contributed by atoms with Crippen LogP contribution in [0, 0.1) is 11.6 Å². The van der Waals surface area contributed by atoms with Crippen LogP contribution in [0.25, 0.3) is 11.1 Å². The minimum absolute atomic E-state index is 0.0220. The van der Waals surface area contributed by atoms with Crippen LogP contribution in [-0.4, -0.2) is 36.0 Å². The summed E-state index contributed by atoms with van der Waals surface area (Å²) in [6.45, 7) is -0.304. The molecule has 32 heavy (non-hydrogen) atoms. The first-order valence-electron chi connectivity index (χ1n) is 9.69. The van der Waals surface area contributed by atoms with Crippen molar-refractivity contribution in [2.24, 2.45) is 0 Å². The number of aliphatic hydroxyl groups is 2. The Morgan fingerprint density at radius 2 is 1.75 bits per heavy atom. The summed E-state index contributed by atoms with van der Waals surface area (Å²) in [6.07, 6.45) is -1.10. The second-order valence-corrected chi connectivity index (χ2v) is 7.84. The van der Waals surface area contributed by atoms with Crippen LogP contribution in [0.2, 0.25) is 0 Å². The van der Waals surface area contributed by atoms with E-state index in [1.165, 1.54) is 7.11 Å². The lowest BCUT2D eigenvalue weighted by Crippen LogP contribution is -2.16. The Balaban J connectivity index is 1.79. The highest BCUT2D eigenvalue weighted by Crippen LogP contribution is 2.30. The number of carbonyl (C=O) groups excluding carboxylic acids is 1. The smallest absolute Gasteiger partial charge is 0.339 e. The number of aliphatic hydroxyl groups excluding tert-OH is 2. The van der Waals surface area contributed by atoms with E-state index in [1.807, 2.05) is 6.07 Å². The molecule has 0 fully saturated rings. The molecule has 0 spiro atoms. The van der Waals surface area contributed by atoms with Gasteiger partial charge in [0.2, 0.25) is 0 Å². The molecule has 0 saturated heterocycles. The van der Waals surface area contributed by atoms with Crippen molar-refractivity contribution in [1.29, 1.82) is 0 Å². The minimum Gasteiger partial charge on any atom is -0.489 e. The standard InChI is InChI=1S/C24H21BrF2O5/c1-31-24(30)19-4-2-3-15(23(19)25)13-32-18-7-5-14(6-8-18)20-11-22(27)21(26)10-16(20)9-17(29)12-28/h2-8,10-11,17,28-29H,9,12-13H2,1H3/t17-/m0/s1. The molecule has 0 aliphatic heterocycles. The first-order valence-corrected chi connectivity index (χ1v) is 10.5. The third kappa shape index (κ3) is 5.51. The lowest BCUT2D eigenvalue weighted by Gasteiger charge is -2.14. The first kappa shape index (κ1) is 23.8. The van der Waals surface area contributed by atoms with Crippen molar-refractivity contribution in [3.05, 3.63) is 87.4 Å². The van der Waals surface area contributed by atoms with Crippen molar-refractivity contribution in [1.82, 2.24) is 0 Å². The fourth-order valence-corrected chi connectivity index (χ4v) is 3.74. The van der Waals surface area contributed by atoms with Crippen molar-refractivity contribution in [3.8, 4) is 16.9 Å². The number of methoxy groups -OCH3 is 1. The van der Waals surface area contributed by atoms with E-state index in [2.05, 4.69) is 15.9 Å². The van der Waals surface area contributed by atoms with E-state index in [-0.39, 0.29) is 13.0 Å². The predicted octanol–water partition coefficient (Wildman–Crippen LogP) is 4.66. The quantitative estimate of drug-likeness (QED) is 0.434. The normalized spacial score (nSPS) is 11.8. The molecule has 3 aromatic carbocycles. The van der Waals surface area contributed by atoms with E-state index in [4.69, 9.17) is 14.6 Å². The summed E-state index contributed by atoms with van der Waals surface area (Å²) in [7, 11) is 1.31. The summed E-state index contributed by atoms with van der Waals surface area (Å²) in [5, 5.41) is 18.8. The Bertz CT molecular complexity index is 1100. The summed E-state index contributed by atoms with van der Waals surface area (Å²) >= 11 is 3.40. The molecule has 8 heteroatoms. The Kier molecular flexibility index (Phi) is 7.95. The van der Waals surface area contributed by atoms with Gasteiger partial charge < -0.3 is 19.7 Å². The van der Waals surface area contributed by atoms with Gasteiger partial charge in [0.1, 0.15) is 12.4 Å². The molecular formula is C24H21BrF2O5. The topological polar surface area (TPSA) is 76.0 Å². The molecule has 2 N–H and O–H groups in total. The maximum absolute atomic E-state index is 13.9. The van der Waals surface area contributed by atoms with Gasteiger partial charge in [0, 0.05) is 16.5 Å². The molecule has 0 amide bonds. The Hall–Kier alpha value is -2.81. The number of hydrogen-bond acceptors (Lipinski definition) is 5. The molecule has 1 atom stereocenters. The van der Waals surface area contributed by atoms with Gasteiger partial charge in [-0.05, 0) is 63.0 Å². The van der Waals surface area contributed by atoms with Crippen LogP contribution in [0.5, 0.6) is 5.75 Å². The largest absolute Gasteiger partial charge is 0.489 e. The molecule has 5 nitrogen and oxygen atoms in total. The summed E-state index contributed by atoms with van der Waals surface area (Å²) in [5.41, 5.74) is 2.53. The molecule has 168 valence electrons. The van der Waals surface area contributed by atoms with Crippen LogP contribution in [0.3, 0.4) is 0 Å². The number of benzene rings is 3. The zero-order chi connectivity index (χ0) is 23.3. The van der Waals surface area contributed by atoms with Crippen molar-refractivity contribution >= 4 is 21.9 Å². The fourth-order valence-electron chi connectivity index (χ4n) is 3.19. The van der Waals surface area contributed by atoms with Crippen LogP contribution in [0.15, 0.2) is 59.1 Å². The maximum atomic E-state index is 13.9. The number of ether oxygens (including phenoxy) is 2. The van der Waals surface area contributed by atoms with E-state index in [1.54, 1.807) is 36.4 Å². The van der Waals surface area contributed by atoms with Crippen molar-refractivity contribution < 1.29 is 33.3 Å². The van der Waals surface area contributed by atoms with Gasteiger partial charge in [0.25, 0.3) is 0 Å². The van der Waals surface area contributed by atoms with E-state index in [0.717, 1.165) is 17.7 Å². The molecule has 0 aliphatic carbocycles. The van der Waals surface area contributed by atoms with Gasteiger partial charge in [-0.25, -0.2) is 13.6 Å². The zero-order valence-electron chi connectivity index (χ0n) is 17.1. The number of carbonyl (C=O) groups is 1. The molecular weight excluding hydrogens is 486 g/mol.